The number of anilines is 3. The molecule has 0 atom stereocenters. The molecule has 290 valence electrons. The zero-order chi connectivity index (χ0) is 40.8. The Morgan fingerprint density at radius 1 is 0.355 bits per heavy atom. The molecule has 0 bridgehead atoms. The van der Waals surface area contributed by atoms with E-state index in [9.17, 15) is 0 Å². The van der Waals surface area contributed by atoms with Gasteiger partial charge in [-0.25, -0.2) is 0 Å². The molecule has 62 heavy (non-hydrogen) atoms. The van der Waals surface area contributed by atoms with Crippen LogP contribution in [0.3, 0.4) is 0 Å². The lowest BCUT2D eigenvalue weighted by atomic mass is 9.67. The summed E-state index contributed by atoms with van der Waals surface area (Å²) >= 11 is 1.89. The maximum atomic E-state index is 2.51. The molecule has 0 fully saturated rings. The fourth-order valence-corrected chi connectivity index (χ4v) is 11.7. The van der Waals surface area contributed by atoms with Gasteiger partial charge in [0, 0.05) is 43.3 Å². The Morgan fingerprint density at radius 3 is 1.66 bits per heavy atom. The molecule has 0 saturated carbocycles. The van der Waals surface area contributed by atoms with Crippen LogP contribution >= 0.6 is 11.8 Å². The summed E-state index contributed by atoms with van der Waals surface area (Å²) in [6.07, 6.45) is 0. The van der Waals surface area contributed by atoms with Gasteiger partial charge in [-0.15, -0.1) is 0 Å². The van der Waals surface area contributed by atoms with Crippen LogP contribution in [0.1, 0.15) is 22.3 Å². The van der Waals surface area contributed by atoms with Crippen LogP contribution in [-0.2, 0) is 5.41 Å². The van der Waals surface area contributed by atoms with Crippen LogP contribution in [0.5, 0.6) is 0 Å². The zero-order valence-corrected chi connectivity index (χ0v) is 34.6. The lowest BCUT2D eigenvalue weighted by Gasteiger charge is -2.40. The number of nitrogens with zero attached hydrogens (tertiary/aromatic N) is 2. The van der Waals surface area contributed by atoms with Gasteiger partial charge in [0.15, 0.2) is 0 Å². The van der Waals surface area contributed by atoms with Crippen LogP contribution in [0.15, 0.2) is 240 Å². The summed E-state index contributed by atoms with van der Waals surface area (Å²) in [6, 6.07) is 85.4. The molecule has 0 saturated heterocycles. The van der Waals surface area contributed by atoms with Gasteiger partial charge in [-0.05, 0) is 140 Å². The van der Waals surface area contributed by atoms with Crippen molar-refractivity contribution >= 4 is 61.4 Å². The Kier molecular flexibility index (Phi) is 7.79. The summed E-state index contributed by atoms with van der Waals surface area (Å²) in [5.41, 5.74) is 16.7. The Bertz CT molecular complexity index is 3500. The van der Waals surface area contributed by atoms with Crippen molar-refractivity contribution in [3.63, 3.8) is 0 Å². The van der Waals surface area contributed by atoms with Crippen LogP contribution in [0.2, 0.25) is 0 Å². The van der Waals surface area contributed by atoms with E-state index in [0.717, 1.165) is 22.7 Å². The fourth-order valence-electron chi connectivity index (χ4n) is 10.5. The van der Waals surface area contributed by atoms with Crippen LogP contribution in [0, 0.1) is 0 Å². The van der Waals surface area contributed by atoms with Crippen LogP contribution in [-0.4, -0.2) is 4.57 Å². The molecule has 1 aromatic heterocycles. The first-order chi connectivity index (χ1) is 30.7. The standard InChI is InChI=1S/C59H38N2S/c1-3-15-39(16-4-1)40-27-29-44(30-28-40)60(45-32-34-56-50(37-45)48-21-9-12-24-55(48)61(56)43-19-5-2-6-20-43)46-31-33-47-49-35-41-17-7-8-18-42(41)36-53(49)59(54(47)38-46)51-22-10-13-25-57(51)62-58-26-14-11-23-52(58)59/h1-38H. The third-order valence-corrected chi connectivity index (χ3v) is 14.4. The molecule has 2 nitrogen and oxygen atoms in total. The summed E-state index contributed by atoms with van der Waals surface area (Å²) in [7, 11) is 0. The second-order valence-corrected chi connectivity index (χ2v) is 17.5. The average molecular weight is 807 g/mol. The van der Waals surface area contributed by atoms with E-state index >= 15 is 0 Å². The lowest BCUT2D eigenvalue weighted by molar-refractivity contribution is 0.723. The van der Waals surface area contributed by atoms with Gasteiger partial charge in [0.05, 0.1) is 16.4 Å². The summed E-state index contributed by atoms with van der Waals surface area (Å²) in [5, 5.41) is 4.97. The average Bonchev–Trinajstić information content (AvgIpc) is 3.81. The van der Waals surface area contributed by atoms with Crippen molar-refractivity contribution < 1.29 is 0 Å². The van der Waals surface area contributed by atoms with Gasteiger partial charge in [0.1, 0.15) is 0 Å². The summed E-state index contributed by atoms with van der Waals surface area (Å²) in [6.45, 7) is 0. The molecule has 11 aromatic rings. The van der Waals surface area contributed by atoms with Crippen LogP contribution < -0.4 is 4.90 Å². The minimum absolute atomic E-state index is 0.515. The van der Waals surface area contributed by atoms with Crippen LogP contribution in [0.4, 0.5) is 17.1 Å². The largest absolute Gasteiger partial charge is 0.310 e. The molecule has 0 N–H and O–H groups in total. The van der Waals surface area contributed by atoms with E-state index in [1.807, 2.05) is 11.8 Å². The number of hydrogen-bond acceptors (Lipinski definition) is 2. The molecule has 10 aromatic carbocycles. The third-order valence-electron chi connectivity index (χ3n) is 13.2. The molecular formula is C59H38N2S. The second kappa shape index (κ2) is 13.7. The molecule has 1 aliphatic heterocycles. The second-order valence-electron chi connectivity index (χ2n) is 16.5. The number of benzene rings is 10. The maximum Gasteiger partial charge on any atom is 0.0736 e. The Labute approximate surface area is 365 Å². The minimum atomic E-state index is -0.515. The first kappa shape index (κ1) is 35.2. The number of fused-ring (bicyclic) bond motifs is 13. The summed E-state index contributed by atoms with van der Waals surface area (Å²) in [5.74, 6) is 0. The van der Waals surface area contributed by atoms with Gasteiger partial charge in [-0.2, -0.15) is 0 Å². The molecule has 0 unspecified atom stereocenters. The quantitative estimate of drug-likeness (QED) is 0.171. The smallest absolute Gasteiger partial charge is 0.0736 e. The van der Waals surface area contributed by atoms with Crippen molar-refractivity contribution in [1.29, 1.82) is 0 Å². The Hall–Kier alpha value is -7.59. The molecule has 1 spiro atoms. The van der Waals surface area contributed by atoms with Gasteiger partial charge in [0.25, 0.3) is 0 Å². The number of rotatable bonds is 5. The highest BCUT2D eigenvalue weighted by Gasteiger charge is 2.50. The molecule has 1 aliphatic carbocycles. The first-order valence-corrected chi connectivity index (χ1v) is 22.1. The van der Waals surface area contributed by atoms with Crippen molar-refractivity contribution in [1.82, 2.24) is 4.57 Å². The highest BCUT2D eigenvalue weighted by atomic mass is 32.2. The summed E-state index contributed by atoms with van der Waals surface area (Å²) < 4.78 is 2.39. The van der Waals surface area contributed by atoms with Gasteiger partial charge < -0.3 is 9.47 Å². The molecule has 2 aliphatic rings. The minimum Gasteiger partial charge on any atom is -0.310 e. The maximum absolute atomic E-state index is 2.51. The Balaban J connectivity index is 1.08. The van der Waals surface area contributed by atoms with Crippen molar-refractivity contribution in [3.05, 3.63) is 253 Å². The van der Waals surface area contributed by atoms with E-state index in [4.69, 9.17) is 0 Å². The van der Waals surface area contributed by atoms with Gasteiger partial charge in [-0.3, -0.25) is 0 Å². The van der Waals surface area contributed by atoms with E-state index in [2.05, 4.69) is 240 Å². The fraction of sp³-hybridized carbons (Fsp3) is 0.0169. The van der Waals surface area contributed by atoms with Gasteiger partial charge in [-0.1, -0.05) is 157 Å². The Morgan fingerprint density at radius 2 is 0.903 bits per heavy atom. The van der Waals surface area contributed by atoms with E-state index < -0.39 is 5.41 Å². The van der Waals surface area contributed by atoms with E-state index in [1.54, 1.807) is 0 Å². The van der Waals surface area contributed by atoms with E-state index in [1.165, 1.54) is 86.9 Å². The van der Waals surface area contributed by atoms with Crippen LogP contribution in [0.25, 0.3) is 60.5 Å². The predicted octanol–water partition coefficient (Wildman–Crippen LogP) is 15.9. The highest BCUT2D eigenvalue weighted by Crippen LogP contribution is 2.63. The molecule has 3 heteroatoms. The van der Waals surface area contributed by atoms with Crippen molar-refractivity contribution in [3.8, 4) is 27.9 Å². The zero-order valence-electron chi connectivity index (χ0n) is 33.7. The number of hydrogen-bond donors (Lipinski definition) is 0. The predicted molar refractivity (Wildman–Crippen MR) is 260 cm³/mol. The van der Waals surface area contributed by atoms with Gasteiger partial charge in [0.2, 0.25) is 0 Å². The van der Waals surface area contributed by atoms with Crippen molar-refractivity contribution in [2.24, 2.45) is 0 Å². The number of aromatic nitrogens is 1. The number of para-hydroxylation sites is 2. The monoisotopic (exact) mass is 806 g/mol. The normalized spacial score (nSPS) is 13.2. The van der Waals surface area contributed by atoms with Gasteiger partial charge >= 0.3 is 0 Å². The first-order valence-electron chi connectivity index (χ1n) is 21.3. The topological polar surface area (TPSA) is 8.17 Å². The van der Waals surface area contributed by atoms with Crippen molar-refractivity contribution in [2.45, 2.75) is 15.2 Å². The molecule has 0 radical (unpaired) electrons. The lowest BCUT2D eigenvalue weighted by Crippen LogP contribution is -2.32. The molecule has 13 rings (SSSR count). The van der Waals surface area contributed by atoms with Crippen molar-refractivity contribution in [2.75, 3.05) is 4.90 Å². The van der Waals surface area contributed by atoms with E-state index in [-0.39, 0.29) is 0 Å². The van der Waals surface area contributed by atoms with E-state index in [0.29, 0.717) is 0 Å². The highest BCUT2D eigenvalue weighted by molar-refractivity contribution is 7.99. The molecular weight excluding hydrogens is 769 g/mol. The molecule has 0 amide bonds. The molecule has 2 heterocycles. The summed E-state index contributed by atoms with van der Waals surface area (Å²) in [4.78, 5) is 5.07. The SMILES string of the molecule is c1ccc(-c2ccc(N(c3ccc4c(c3)C3(c5ccccc5Sc5ccccc53)c3cc5ccccc5cc3-4)c3ccc4c(c3)c3ccccc3n4-c3ccccc3)cc2)cc1. The third kappa shape index (κ3) is 5.12.